The highest BCUT2D eigenvalue weighted by atomic mass is 32.1. The third-order valence-electron chi connectivity index (χ3n) is 7.61. The second kappa shape index (κ2) is 13.6. The van der Waals surface area contributed by atoms with Gasteiger partial charge in [0.05, 0.1) is 28.7 Å². The fourth-order valence-electron chi connectivity index (χ4n) is 5.26. The van der Waals surface area contributed by atoms with Crippen molar-refractivity contribution in [2.75, 3.05) is 24.5 Å². The molecule has 2 aliphatic heterocycles. The molecule has 2 saturated heterocycles. The predicted molar refractivity (Wildman–Crippen MR) is 176 cm³/mol. The van der Waals surface area contributed by atoms with Crippen LogP contribution in [-0.2, 0) is 9.47 Å². The summed E-state index contributed by atoms with van der Waals surface area (Å²) in [6.45, 7) is 6.76. The Morgan fingerprint density at radius 2 is 1.54 bits per heavy atom. The van der Waals surface area contributed by atoms with E-state index < -0.39 is 46.8 Å². The number of thiazole rings is 1. The van der Waals surface area contributed by atoms with Crippen molar-refractivity contribution in [1.82, 2.24) is 15.2 Å². The molecule has 1 N–H and O–H groups in total. The number of hydrogen-bond donors (Lipinski definition) is 1. The van der Waals surface area contributed by atoms with E-state index in [-0.39, 0.29) is 11.3 Å². The van der Waals surface area contributed by atoms with Crippen LogP contribution in [0.2, 0.25) is 0 Å². The molecule has 2 unspecified atom stereocenters. The lowest BCUT2D eigenvalue weighted by molar-refractivity contribution is -0.575. The zero-order valence-electron chi connectivity index (χ0n) is 26.6. The summed E-state index contributed by atoms with van der Waals surface area (Å²) in [5.74, 6) is -1.21. The van der Waals surface area contributed by atoms with Crippen molar-refractivity contribution < 1.29 is 33.5 Å². The standard InChI is InChI=1S/C34H35N5O8S/c1-33(2,3)47-28-21-37(34(28,45-25-15-9-5-10-16-25)46-26-17-11-6-12-18-26)31-36-27(22-48-31)29(40)38(24-19-35-20-24)32(41)44-30(39(42)43)23-13-7-4-8-14-23/h4-18,22,24,28,30,35H,19-21H2,1-3H3. The molecule has 0 spiro atoms. The van der Waals surface area contributed by atoms with Gasteiger partial charge in [-0.2, -0.15) is 0 Å². The number of carbonyl (C=O) groups is 2. The number of amides is 2. The smallest absolute Gasteiger partial charge is 0.422 e. The zero-order chi connectivity index (χ0) is 33.9. The molecular formula is C34H35N5O8S. The first-order chi connectivity index (χ1) is 23.0. The van der Waals surface area contributed by atoms with Crippen molar-refractivity contribution in [2.24, 2.45) is 0 Å². The van der Waals surface area contributed by atoms with Crippen LogP contribution in [0.5, 0.6) is 11.5 Å². The van der Waals surface area contributed by atoms with Crippen molar-refractivity contribution in [1.29, 1.82) is 0 Å². The second-order valence-corrected chi connectivity index (χ2v) is 13.1. The highest BCUT2D eigenvalue weighted by Crippen LogP contribution is 2.44. The lowest BCUT2D eigenvalue weighted by Crippen LogP contribution is -2.78. The molecule has 2 amide bonds. The van der Waals surface area contributed by atoms with Gasteiger partial charge in [-0.25, -0.2) is 14.7 Å². The van der Waals surface area contributed by atoms with E-state index in [2.05, 4.69) is 10.3 Å². The van der Waals surface area contributed by atoms with Gasteiger partial charge < -0.3 is 24.3 Å². The van der Waals surface area contributed by atoms with Gasteiger partial charge in [0, 0.05) is 18.5 Å². The van der Waals surface area contributed by atoms with E-state index in [1.54, 1.807) is 47.4 Å². The zero-order valence-corrected chi connectivity index (χ0v) is 27.4. The summed E-state index contributed by atoms with van der Waals surface area (Å²) in [5, 5.41) is 16.8. The minimum Gasteiger partial charge on any atom is -0.433 e. The average Bonchev–Trinajstić information content (AvgIpc) is 3.53. The Bertz CT molecular complexity index is 1690. The fraction of sp³-hybridized carbons (Fsp3) is 0.324. The Hall–Kier alpha value is -5.05. The Labute approximate surface area is 281 Å². The van der Waals surface area contributed by atoms with Crippen LogP contribution >= 0.6 is 11.3 Å². The van der Waals surface area contributed by atoms with Crippen LogP contribution in [-0.4, -0.2) is 70.1 Å². The van der Waals surface area contributed by atoms with Gasteiger partial charge in [0.15, 0.2) is 11.2 Å². The molecule has 14 heteroatoms. The molecule has 0 aliphatic carbocycles. The van der Waals surface area contributed by atoms with Gasteiger partial charge in [-0.05, 0) is 57.2 Å². The number of ether oxygens (including phenoxy) is 4. The van der Waals surface area contributed by atoms with E-state index in [4.69, 9.17) is 18.9 Å². The number of imide groups is 1. The summed E-state index contributed by atoms with van der Waals surface area (Å²) in [7, 11) is 0. The Balaban J connectivity index is 1.31. The van der Waals surface area contributed by atoms with Crippen LogP contribution in [0.15, 0.2) is 96.4 Å². The highest BCUT2D eigenvalue weighted by Gasteiger charge is 2.63. The average molecular weight is 674 g/mol. The normalized spacial score (nSPS) is 17.7. The molecule has 2 aliphatic rings. The van der Waals surface area contributed by atoms with Gasteiger partial charge in [0.1, 0.15) is 17.2 Å². The number of para-hydroxylation sites is 2. The summed E-state index contributed by atoms with van der Waals surface area (Å²) in [4.78, 5) is 45.8. The lowest BCUT2D eigenvalue weighted by atomic mass is 10.0. The number of benzene rings is 3. The Morgan fingerprint density at radius 3 is 2.04 bits per heavy atom. The second-order valence-electron chi connectivity index (χ2n) is 12.2. The summed E-state index contributed by atoms with van der Waals surface area (Å²) < 4.78 is 25.0. The molecule has 0 radical (unpaired) electrons. The number of carbonyl (C=O) groups excluding carboxylic acids is 2. The summed E-state index contributed by atoms with van der Waals surface area (Å²) in [6, 6.07) is 25.6. The van der Waals surface area contributed by atoms with E-state index in [1.165, 1.54) is 17.5 Å². The minimum absolute atomic E-state index is 0.0373. The third-order valence-corrected chi connectivity index (χ3v) is 8.48. The summed E-state index contributed by atoms with van der Waals surface area (Å²) >= 11 is 1.16. The number of aromatic nitrogens is 1. The summed E-state index contributed by atoms with van der Waals surface area (Å²) in [5.41, 5.74) is -0.417. The van der Waals surface area contributed by atoms with Crippen LogP contribution < -0.4 is 19.7 Å². The molecule has 3 aromatic carbocycles. The first-order valence-corrected chi connectivity index (χ1v) is 16.2. The third kappa shape index (κ3) is 6.95. The molecule has 2 atom stereocenters. The fourth-order valence-corrected chi connectivity index (χ4v) is 6.11. The minimum atomic E-state index is -1.79. The largest absolute Gasteiger partial charge is 0.433 e. The number of nitrogens with one attached hydrogen (secondary N) is 1. The Kier molecular flexibility index (Phi) is 9.31. The van der Waals surface area contributed by atoms with E-state index in [1.807, 2.05) is 57.2 Å². The van der Waals surface area contributed by atoms with Crippen LogP contribution in [0.25, 0.3) is 0 Å². The molecule has 13 nitrogen and oxygen atoms in total. The van der Waals surface area contributed by atoms with Gasteiger partial charge in [-0.15, -0.1) is 11.3 Å². The monoisotopic (exact) mass is 673 g/mol. The van der Waals surface area contributed by atoms with Gasteiger partial charge in [0.2, 0.25) is 0 Å². The molecule has 2 fully saturated rings. The number of anilines is 1. The maximum absolute atomic E-state index is 13.9. The topological polar surface area (TPSA) is 146 Å². The van der Waals surface area contributed by atoms with Crippen molar-refractivity contribution in [3.63, 3.8) is 0 Å². The number of hydrogen-bond acceptors (Lipinski definition) is 12. The van der Waals surface area contributed by atoms with E-state index in [0.29, 0.717) is 36.3 Å². The van der Waals surface area contributed by atoms with Crippen molar-refractivity contribution >= 4 is 28.5 Å². The number of nitrogens with zero attached hydrogens (tertiary/aromatic N) is 4. The first kappa shape index (κ1) is 32.9. The predicted octanol–water partition coefficient (Wildman–Crippen LogP) is 5.48. The maximum atomic E-state index is 13.9. The molecular weight excluding hydrogens is 638 g/mol. The van der Waals surface area contributed by atoms with Gasteiger partial charge in [-0.3, -0.25) is 19.8 Å². The maximum Gasteiger partial charge on any atom is 0.422 e. The van der Waals surface area contributed by atoms with E-state index >= 15 is 0 Å². The van der Waals surface area contributed by atoms with Crippen molar-refractivity contribution in [2.45, 2.75) is 50.7 Å². The highest BCUT2D eigenvalue weighted by molar-refractivity contribution is 7.14. The van der Waals surface area contributed by atoms with Crippen molar-refractivity contribution in [3.05, 3.63) is 118 Å². The van der Waals surface area contributed by atoms with Gasteiger partial charge in [-0.1, -0.05) is 54.6 Å². The van der Waals surface area contributed by atoms with Gasteiger partial charge >= 0.3 is 18.2 Å². The molecule has 6 rings (SSSR count). The molecule has 0 saturated carbocycles. The number of nitro groups is 1. The van der Waals surface area contributed by atoms with Crippen molar-refractivity contribution in [3.8, 4) is 11.5 Å². The lowest BCUT2D eigenvalue weighted by Gasteiger charge is -2.56. The molecule has 4 aromatic rings. The van der Waals surface area contributed by atoms with E-state index in [9.17, 15) is 19.7 Å². The first-order valence-electron chi connectivity index (χ1n) is 15.4. The molecule has 48 heavy (non-hydrogen) atoms. The Morgan fingerprint density at radius 1 is 0.979 bits per heavy atom. The van der Waals surface area contributed by atoms with E-state index in [0.717, 1.165) is 16.2 Å². The number of rotatable bonds is 11. The molecule has 1 aromatic heterocycles. The van der Waals surface area contributed by atoms with Crippen LogP contribution in [0.4, 0.5) is 9.93 Å². The van der Waals surface area contributed by atoms with Crippen LogP contribution in [0.3, 0.4) is 0 Å². The van der Waals surface area contributed by atoms with Crippen LogP contribution in [0.1, 0.15) is 43.1 Å². The summed E-state index contributed by atoms with van der Waals surface area (Å²) in [6.07, 6.45) is -3.51. The SMILES string of the molecule is CC(C)(C)OC1CN(c2nc(C(=O)N(C(=O)OC(c3ccccc3)[N+](=O)[O-])C3CNC3)cs2)C1(Oc1ccccc1)Oc1ccccc1. The molecule has 0 bridgehead atoms. The quantitative estimate of drug-likeness (QED) is 0.123. The molecule has 3 heterocycles. The van der Waals surface area contributed by atoms with Gasteiger partial charge in [0.25, 0.3) is 5.91 Å². The van der Waals surface area contributed by atoms with Crippen LogP contribution in [0, 0.1) is 10.1 Å². The molecule has 250 valence electrons.